The van der Waals surface area contributed by atoms with Crippen LogP contribution in [0.1, 0.15) is 120 Å². The summed E-state index contributed by atoms with van der Waals surface area (Å²) in [6.45, 7) is 12.4. The van der Waals surface area contributed by atoms with E-state index in [4.69, 9.17) is 28.7 Å². The quantitative estimate of drug-likeness (QED) is 0.133. The summed E-state index contributed by atoms with van der Waals surface area (Å²) in [6, 6.07) is 11.7. The van der Waals surface area contributed by atoms with Gasteiger partial charge in [0.2, 0.25) is 5.78 Å². The Balaban J connectivity index is 0.000000178. The van der Waals surface area contributed by atoms with Gasteiger partial charge in [0, 0.05) is 47.2 Å². The van der Waals surface area contributed by atoms with Crippen LogP contribution in [0.15, 0.2) is 66.4 Å². The number of aryl methyl sites for hydroxylation is 2. The maximum atomic E-state index is 14.2. The van der Waals surface area contributed by atoms with Gasteiger partial charge in [0.05, 0.1) is 48.8 Å². The number of imidazole rings is 1. The van der Waals surface area contributed by atoms with E-state index in [0.29, 0.717) is 26.1 Å². The first-order chi connectivity index (χ1) is 31.6. The molecule has 7 aliphatic rings. The highest BCUT2D eigenvalue weighted by atomic mass is 16.7. The molecule has 1 saturated heterocycles. The van der Waals surface area contributed by atoms with Crippen LogP contribution in [0.5, 0.6) is 0 Å². The zero-order valence-electron chi connectivity index (χ0n) is 39.7. The standard InChI is InChI=1S/C32H44O7.C21H25N3O3/c1-18(2)28(36)37-17-25(35)32-26(38-29(39-32)19-8-6-5-7-9-19)15-23-22-11-10-20-14-21(33)12-13-30(20,3)27(22)24(34)16-31(23,32)4;1-13-14(2)24-10-9-16-18(21(24)22-13)23-17(15-7-5-4-6-8-15)19(25)20(16)27-12-11-26-3/h12-14,18-19,22-24,26-27,29,34H,5-11,15-17H2,1-4H3;4-10,17,19-20,23,25H,11-12H2,1-3H3/t22-,23-,24-,26+,27+,29+,30-,31-,32+;17-,19-,20-/m01/s1. The molecule has 2 aromatic heterocycles. The molecule has 5 fully saturated rings. The summed E-state index contributed by atoms with van der Waals surface area (Å²) in [4.78, 5) is 43.5. The number of rotatable bonds is 10. The smallest absolute Gasteiger partial charge is 0.308 e. The van der Waals surface area contributed by atoms with E-state index in [9.17, 15) is 24.6 Å². The number of fused-ring (bicyclic) bond motifs is 10. The average Bonchev–Trinajstić information content (AvgIpc) is 3.93. The van der Waals surface area contributed by atoms with Crippen molar-refractivity contribution in [1.82, 2.24) is 9.38 Å². The first kappa shape index (κ1) is 46.9. The van der Waals surface area contributed by atoms with Crippen LogP contribution in [-0.2, 0) is 38.1 Å². The third-order valence-electron chi connectivity index (χ3n) is 16.8. The summed E-state index contributed by atoms with van der Waals surface area (Å²) < 4.78 is 32.3. The number of carbonyl (C=O) groups is 3. The van der Waals surface area contributed by atoms with Gasteiger partial charge in [-0.3, -0.25) is 14.4 Å². The van der Waals surface area contributed by atoms with Crippen LogP contribution < -0.4 is 5.32 Å². The van der Waals surface area contributed by atoms with Crippen molar-refractivity contribution in [2.24, 2.45) is 40.4 Å². The van der Waals surface area contributed by atoms with Gasteiger partial charge in [-0.15, -0.1) is 0 Å². The number of esters is 1. The molecule has 0 bridgehead atoms. The van der Waals surface area contributed by atoms with Crippen LogP contribution in [0.4, 0.5) is 5.69 Å². The summed E-state index contributed by atoms with van der Waals surface area (Å²) in [5.41, 5.74) is 4.61. The first-order valence-corrected chi connectivity index (χ1v) is 24.4. The Kier molecular flexibility index (Phi) is 13.0. The molecule has 0 unspecified atom stereocenters. The molecule has 12 atom stereocenters. The molecule has 356 valence electrons. The van der Waals surface area contributed by atoms with E-state index in [2.05, 4.69) is 30.5 Å². The Bertz CT molecular complexity index is 2370. The molecule has 3 aromatic rings. The number of hydrogen-bond donors (Lipinski definition) is 3. The molecule has 5 aliphatic carbocycles. The first-order valence-electron chi connectivity index (χ1n) is 24.4. The van der Waals surface area contributed by atoms with Crippen LogP contribution in [0.2, 0.25) is 0 Å². The number of allylic oxidation sites excluding steroid dienone is 4. The number of benzene rings is 1. The zero-order valence-corrected chi connectivity index (χ0v) is 39.7. The summed E-state index contributed by atoms with van der Waals surface area (Å²) in [5.74, 6) is -0.471. The molecule has 4 saturated carbocycles. The van der Waals surface area contributed by atoms with Gasteiger partial charge in [0.1, 0.15) is 12.2 Å². The van der Waals surface area contributed by atoms with Gasteiger partial charge in [-0.05, 0) is 88.0 Å². The molecule has 13 nitrogen and oxygen atoms in total. The lowest BCUT2D eigenvalue weighted by Crippen LogP contribution is -2.63. The van der Waals surface area contributed by atoms with E-state index in [-0.39, 0.29) is 59.2 Å². The fraction of sp³-hybridized carbons (Fsp3) is 0.623. The number of nitrogens with one attached hydrogen (secondary N) is 1. The predicted molar refractivity (Wildman–Crippen MR) is 247 cm³/mol. The molecule has 3 N–H and O–H groups in total. The molecule has 2 aliphatic heterocycles. The molecule has 0 spiro atoms. The molecular weight excluding hydrogens is 839 g/mol. The Labute approximate surface area is 388 Å². The second-order valence-electron chi connectivity index (χ2n) is 20.8. The van der Waals surface area contributed by atoms with Crippen molar-refractivity contribution in [1.29, 1.82) is 0 Å². The number of nitrogens with zero attached hydrogens (tertiary/aromatic N) is 2. The van der Waals surface area contributed by atoms with Crippen molar-refractivity contribution in [2.75, 3.05) is 32.2 Å². The molecule has 0 amide bonds. The highest BCUT2D eigenvalue weighted by Crippen LogP contribution is 2.70. The number of carbonyl (C=O) groups excluding carboxylic acids is 3. The van der Waals surface area contributed by atoms with E-state index < -0.39 is 47.7 Å². The molecule has 13 heteroatoms. The maximum Gasteiger partial charge on any atom is 0.308 e. The Morgan fingerprint density at radius 3 is 2.52 bits per heavy atom. The van der Waals surface area contributed by atoms with E-state index in [1.54, 1.807) is 33.1 Å². The second-order valence-corrected chi connectivity index (χ2v) is 20.8. The van der Waals surface area contributed by atoms with E-state index in [1.165, 1.54) is 6.42 Å². The minimum absolute atomic E-state index is 0.0162. The number of aliphatic hydroxyl groups is 2. The van der Waals surface area contributed by atoms with Gasteiger partial charge in [-0.1, -0.05) is 88.9 Å². The van der Waals surface area contributed by atoms with Crippen molar-refractivity contribution in [2.45, 2.75) is 142 Å². The Morgan fingerprint density at radius 1 is 1.03 bits per heavy atom. The summed E-state index contributed by atoms with van der Waals surface area (Å²) >= 11 is 0. The fourth-order valence-corrected chi connectivity index (χ4v) is 13.3. The van der Waals surface area contributed by atoms with Crippen LogP contribution >= 0.6 is 0 Å². The SMILES string of the molecule is CC(C)C(=O)OCC(=O)[C@@]12O[C@H](C3CCCCC3)O[C@@H]1C[C@H]1[C@@H]3CCC4=CC(=O)C=C[C@]4(C)[C@H]3[C@@H](O)C[C@@]12C.COCCO[C@@H]1c2ccn3c(C)c(C)nc3c2N[C@H](c2ccccc2)[C@H]1O. The Morgan fingerprint density at radius 2 is 1.79 bits per heavy atom. The fourth-order valence-electron chi connectivity index (χ4n) is 13.3. The topological polar surface area (TPSA) is 167 Å². The molecule has 1 aromatic carbocycles. The lowest BCUT2D eigenvalue weighted by Gasteiger charge is -2.59. The van der Waals surface area contributed by atoms with Crippen LogP contribution in [0.25, 0.3) is 5.65 Å². The number of ether oxygens (including phenoxy) is 5. The summed E-state index contributed by atoms with van der Waals surface area (Å²) in [5, 5.41) is 26.5. The highest BCUT2D eigenvalue weighted by molar-refractivity contribution is 6.01. The van der Waals surface area contributed by atoms with Gasteiger partial charge in [-0.2, -0.15) is 0 Å². The minimum Gasteiger partial charge on any atom is -0.457 e. The van der Waals surface area contributed by atoms with Crippen molar-refractivity contribution in [3.63, 3.8) is 0 Å². The zero-order chi connectivity index (χ0) is 46.7. The van der Waals surface area contributed by atoms with Crippen molar-refractivity contribution in [3.05, 3.63) is 88.9 Å². The van der Waals surface area contributed by atoms with Gasteiger partial charge in [-0.25, -0.2) is 4.98 Å². The second kappa shape index (κ2) is 18.3. The maximum absolute atomic E-state index is 14.2. The van der Waals surface area contributed by atoms with Crippen LogP contribution in [0, 0.1) is 54.3 Å². The number of methoxy groups -OCH3 is 1. The summed E-state index contributed by atoms with van der Waals surface area (Å²) in [7, 11) is 1.64. The monoisotopic (exact) mass is 907 g/mol. The third-order valence-corrected chi connectivity index (χ3v) is 16.8. The normalized spacial score (nSPS) is 35.7. The van der Waals surface area contributed by atoms with Gasteiger partial charge in [0.15, 0.2) is 29.9 Å². The lowest BCUT2D eigenvalue weighted by molar-refractivity contribution is -0.210. The molecule has 4 heterocycles. The molecule has 10 rings (SSSR count). The lowest BCUT2D eigenvalue weighted by atomic mass is 9.46. The van der Waals surface area contributed by atoms with Gasteiger partial charge < -0.3 is 43.6 Å². The summed E-state index contributed by atoms with van der Waals surface area (Å²) in [6.07, 6.45) is 13.0. The van der Waals surface area contributed by atoms with E-state index >= 15 is 0 Å². The van der Waals surface area contributed by atoms with E-state index in [0.717, 1.165) is 77.9 Å². The number of hydrogen-bond acceptors (Lipinski definition) is 12. The highest BCUT2D eigenvalue weighted by Gasteiger charge is 2.76. The largest absolute Gasteiger partial charge is 0.457 e. The van der Waals surface area contributed by atoms with E-state index in [1.807, 2.05) is 55.6 Å². The van der Waals surface area contributed by atoms with Crippen molar-refractivity contribution < 1.29 is 48.3 Å². The predicted octanol–water partition coefficient (Wildman–Crippen LogP) is 7.89. The Hall–Kier alpha value is -4.24. The molecule has 0 radical (unpaired) electrons. The number of aliphatic hydroxyl groups excluding tert-OH is 2. The number of anilines is 1. The third kappa shape index (κ3) is 7.79. The molecular formula is C53H69N3O10. The average molecular weight is 908 g/mol. The molecule has 66 heavy (non-hydrogen) atoms. The van der Waals surface area contributed by atoms with Crippen molar-refractivity contribution >= 4 is 28.9 Å². The number of Topliss-reactive ketones (excluding diaryl/α,β-unsaturated/α-hetero) is 1. The van der Waals surface area contributed by atoms with Crippen LogP contribution in [0.3, 0.4) is 0 Å². The number of ketones is 2. The van der Waals surface area contributed by atoms with Gasteiger partial charge in [0.25, 0.3) is 0 Å². The minimum atomic E-state index is -1.25. The number of pyridine rings is 1. The van der Waals surface area contributed by atoms with Crippen LogP contribution in [-0.4, -0.2) is 94.3 Å². The van der Waals surface area contributed by atoms with Crippen molar-refractivity contribution in [3.8, 4) is 0 Å². The number of aromatic nitrogens is 2. The van der Waals surface area contributed by atoms with Gasteiger partial charge >= 0.3 is 5.97 Å².